The number of fused-ring (bicyclic) bond motifs is 3. The molecule has 2 aliphatic carbocycles. The van der Waals surface area contributed by atoms with Crippen LogP contribution in [0.4, 0.5) is 5.82 Å². The molecule has 2 aliphatic rings. The molecular weight excluding hydrogens is 448 g/mol. The van der Waals surface area contributed by atoms with Crippen molar-refractivity contribution in [2.24, 2.45) is 0 Å². The minimum atomic E-state index is -0.849. The van der Waals surface area contributed by atoms with Gasteiger partial charge >= 0.3 is 5.97 Å². The second-order valence-corrected chi connectivity index (χ2v) is 10.3. The van der Waals surface area contributed by atoms with Gasteiger partial charge in [-0.15, -0.1) is 0 Å². The van der Waals surface area contributed by atoms with Crippen molar-refractivity contribution in [3.8, 4) is 16.9 Å². The summed E-state index contributed by atoms with van der Waals surface area (Å²) in [5.41, 5.74) is 12.3. The first-order valence-corrected chi connectivity index (χ1v) is 12.7. The molecule has 1 aromatic heterocycles. The van der Waals surface area contributed by atoms with E-state index in [9.17, 15) is 9.90 Å². The van der Waals surface area contributed by atoms with Crippen molar-refractivity contribution in [2.45, 2.75) is 49.9 Å². The highest BCUT2D eigenvalue weighted by molar-refractivity contribution is 5.94. The van der Waals surface area contributed by atoms with Crippen LogP contribution in [-0.2, 0) is 16.6 Å². The fourth-order valence-corrected chi connectivity index (χ4v) is 6.44. The zero-order chi connectivity index (χ0) is 24.7. The van der Waals surface area contributed by atoms with Gasteiger partial charge in [0.15, 0.2) is 0 Å². The number of carbonyl (C=O) groups is 1. The fraction of sp³-hybridized carbons (Fsp3) is 0.290. The number of pyridine rings is 1. The second-order valence-electron chi connectivity index (χ2n) is 10.3. The first kappa shape index (κ1) is 22.6. The zero-order valence-corrected chi connectivity index (χ0v) is 20.2. The summed E-state index contributed by atoms with van der Waals surface area (Å²) < 4.78 is 6.31. The van der Waals surface area contributed by atoms with Gasteiger partial charge in [0, 0.05) is 23.1 Å². The molecule has 1 saturated carbocycles. The predicted molar refractivity (Wildman–Crippen MR) is 142 cm³/mol. The Morgan fingerprint density at radius 2 is 1.81 bits per heavy atom. The highest BCUT2D eigenvalue weighted by Crippen LogP contribution is 2.55. The number of para-hydroxylation sites is 1. The summed E-state index contributed by atoms with van der Waals surface area (Å²) in [4.78, 5) is 15.6. The minimum Gasteiger partial charge on any atom is -0.493 e. The third-order valence-corrected chi connectivity index (χ3v) is 8.15. The van der Waals surface area contributed by atoms with Gasteiger partial charge in [-0.25, -0.2) is 4.98 Å². The lowest BCUT2D eigenvalue weighted by Crippen LogP contribution is -2.19. The number of carboxylic acids is 1. The molecule has 0 saturated heterocycles. The van der Waals surface area contributed by atoms with E-state index < -0.39 is 5.97 Å². The molecule has 0 amide bonds. The molecule has 0 aliphatic heterocycles. The number of ether oxygens (including phenoxy) is 1. The molecule has 6 rings (SSSR count). The SMILES string of the molecule is Nc1nccc2ccc(-c3ccc4c(c3)C(COc3ccccc3CC(=O)O)CC43CCCC3)cc12. The van der Waals surface area contributed by atoms with Gasteiger partial charge in [0.1, 0.15) is 11.6 Å². The Balaban J connectivity index is 1.35. The van der Waals surface area contributed by atoms with Crippen LogP contribution >= 0.6 is 0 Å². The third kappa shape index (κ3) is 3.98. The van der Waals surface area contributed by atoms with E-state index in [2.05, 4.69) is 41.4 Å². The van der Waals surface area contributed by atoms with Crippen LogP contribution in [0.2, 0.25) is 0 Å². The summed E-state index contributed by atoms with van der Waals surface area (Å²) in [7, 11) is 0. The number of carboxylic acid groups (broad SMARTS) is 1. The maximum absolute atomic E-state index is 11.3. The van der Waals surface area contributed by atoms with Crippen LogP contribution in [0.1, 0.15) is 54.7 Å². The van der Waals surface area contributed by atoms with E-state index in [1.165, 1.54) is 42.4 Å². The predicted octanol–water partition coefficient (Wildman–Crippen LogP) is 6.49. The molecule has 0 bridgehead atoms. The second kappa shape index (κ2) is 8.98. The van der Waals surface area contributed by atoms with Crippen LogP contribution in [0.3, 0.4) is 0 Å². The maximum atomic E-state index is 11.3. The van der Waals surface area contributed by atoms with Crippen molar-refractivity contribution in [3.05, 3.63) is 89.6 Å². The van der Waals surface area contributed by atoms with Crippen LogP contribution in [0.25, 0.3) is 21.9 Å². The first-order chi connectivity index (χ1) is 17.5. The number of anilines is 1. The van der Waals surface area contributed by atoms with Gasteiger partial charge in [0.2, 0.25) is 0 Å². The molecule has 1 spiro atoms. The minimum absolute atomic E-state index is 0.0362. The monoisotopic (exact) mass is 478 g/mol. The molecule has 3 aromatic carbocycles. The van der Waals surface area contributed by atoms with Crippen molar-refractivity contribution in [1.82, 2.24) is 4.98 Å². The molecule has 1 heterocycles. The van der Waals surface area contributed by atoms with Crippen molar-refractivity contribution in [2.75, 3.05) is 12.3 Å². The van der Waals surface area contributed by atoms with Gasteiger partial charge in [-0.05, 0) is 70.5 Å². The largest absolute Gasteiger partial charge is 0.493 e. The molecule has 182 valence electrons. The number of rotatable bonds is 6. The van der Waals surface area contributed by atoms with Gasteiger partial charge in [0.05, 0.1) is 13.0 Å². The summed E-state index contributed by atoms with van der Waals surface area (Å²) in [5.74, 6) is 0.635. The molecule has 5 nitrogen and oxygen atoms in total. The van der Waals surface area contributed by atoms with Crippen LogP contribution in [-0.4, -0.2) is 22.7 Å². The van der Waals surface area contributed by atoms with E-state index in [0.29, 0.717) is 18.2 Å². The normalized spacial score (nSPS) is 17.9. The Hall–Kier alpha value is -3.86. The van der Waals surface area contributed by atoms with Gasteiger partial charge < -0.3 is 15.6 Å². The quantitative estimate of drug-likeness (QED) is 0.331. The number of aliphatic carboxylic acids is 1. The van der Waals surface area contributed by atoms with E-state index in [-0.39, 0.29) is 17.8 Å². The van der Waals surface area contributed by atoms with Crippen LogP contribution in [0, 0.1) is 0 Å². The van der Waals surface area contributed by atoms with Crippen LogP contribution in [0.15, 0.2) is 72.9 Å². The van der Waals surface area contributed by atoms with Gasteiger partial charge in [-0.3, -0.25) is 4.79 Å². The van der Waals surface area contributed by atoms with Gasteiger partial charge in [-0.1, -0.05) is 61.4 Å². The van der Waals surface area contributed by atoms with Gasteiger partial charge in [-0.2, -0.15) is 0 Å². The summed E-state index contributed by atoms with van der Waals surface area (Å²) >= 11 is 0. The number of hydrogen-bond acceptors (Lipinski definition) is 4. The molecule has 5 heteroatoms. The fourth-order valence-electron chi connectivity index (χ4n) is 6.44. The van der Waals surface area contributed by atoms with E-state index in [0.717, 1.165) is 28.3 Å². The standard InChI is InChI=1S/C31H30N2O3/c32-30-26-16-21(8-7-20(26)11-14-33-30)22-9-10-27-25(15-22)24(18-31(27)12-3-4-13-31)19-36-28-6-2-1-5-23(28)17-29(34)35/h1-2,5-11,14-16,24H,3-4,12-13,17-19H2,(H2,32,33)(H,34,35). The molecule has 1 fully saturated rings. The summed E-state index contributed by atoms with van der Waals surface area (Å²) in [6.07, 6.45) is 7.79. The van der Waals surface area contributed by atoms with E-state index in [4.69, 9.17) is 10.5 Å². The Labute approximate surface area is 210 Å². The topological polar surface area (TPSA) is 85.4 Å². The molecule has 0 radical (unpaired) electrons. The van der Waals surface area contributed by atoms with Crippen LogP contribution < -0.4 is 10.5 Å². The smallest absolute Gasteiger partial charge is 0.307 e. The highest BCUT2D eigenvalue weighted by atomic mass is 16.5. The Kier molecular flexibility index (Phi) is 5.63. The van der Waals surface area contributed by atoms with E-state index in [1.54, 1.807) is 6.20 Å². The van der Waals surface area contributed by atoms with Crippen molar-refractivity contribution in [1.29, 1.82) is 0 Å². The summed E-state index contributed by atoms with van der Waals surface area (Å²) in [6.45, 7) is 0.545. The number of nitrogens with zero attached hydrogens (tertiary/aromatic N) is 1. The third-order valence-electron chi connectivity index (χ3n) is 8.15. The lowest BCUT2D eigenvalue weighted by atomic mass is 9.79. The Morgan fingerprint density at radius 3 is 2.64 bits per heavy atom. The summed E-state index contributed by atoms with van der Waals surface area (Å²) in [5, 5.41) is 11.4. The number of nitrogens with two attached hydrogens (primary N) is 1. The average Bonchev–Trinajstić information content (AvgIpc) is 3.48. The highest BCUT2D eigenvalue weighted by Gasteiger charge is 2.45. The van der Waals surface area contributed by atoms with Crippen molar-refractivity contribution >= 4 is 22.6 Å². The molecule has 3 N–H and O–H groups in total. The number of nitrogen functional groups attached to an aromatic ring is 1. The van der Waals surface area contributed by atoms with E-state index in [1.807, 2.05) is 30.3 Å². The molecule has 36 heavy (non-hydrogen) atoms. The zero-order valence-electron chi connectivity index (χ0n) is 20.2. The van der Waals surface area contributed by atoms with Crippen molar-refractivity contribution in [3.63, 3.8) is 0 Å². The average molecular weight is 479 g/mol. The molecular formula is C31H30N2O3. The van der Waals surface area contributed by atoms with Crippen molar-refractivity contribution < 1.29 is 14.6 Å². The molecule has 1 atom stereocenters. The van der Waals surface area contributed by atoms with Gasteiger partial charge in [0.25, 0.3) is 0 Å². The lowest BCUT2D eigenvalue weighted by Gasteiger charge is -2.25. The number of benzene rings is 3. The molecule has 4 aromatic rings. The number of aromatic nitrogens is 1. The summed E-state index contributed by atoms with van der Waals surface area (Å²) in [6, 6.07) is 22.8. The maximum Gasteiger partial charge on any atom is 0.307 e. The first-order valence-electron chi connectivity index (χ1n) is 12.7. The van der Waals surface area contributed by atoms with E-state index >= 15 is 0 Å². The van der Waals surface area contributed by atoms with Crippen LogP contribution in [0.5, 0.6) is 5.75 Å². The Bertz CT molecular complexity index is 1460. The number of hydrogen-bond donors (Lipinski definition) is 2. The molecule has 1 unspecified atom stereocenters. The Morgan fingerprint density at radius 1 is 1.03 bits per heavy atom. The lowest BCUT2D eigenvalue weighted by molar-refractivity contribution is -0.136.